The van der Waals surface area contributed by atoms with E-state index < -0.39 is 0 Å². The van der Waals surface area contributed by atoms with Crippen LogP contribution in [0.25, 0.3) is 5.65 Å². The number of aromatic nitrogens is 4. The maximum Gasteiger partial charge on any atom is 0.266 e. The normalized spacial score (nSPS) is 15.1. The zero-order chi connectivity index (χ0) is 19.2. The lowest BCUT2D eigenvalue weighted by Gasteiger charge is -2.40. The molecule has 0 saturated carbocycles. The molecule has 7 heteroatoms. The zero-order valence-electron chi connectivity index (χ0n) is 15.8. The third kappa shape index (κ3) is 3.37. The van der Waals surface area contributed by atoms with Crippen molar-refractivity contribution in [2.45, 2.75) is 32.7 Å². The summed E-state index contributed by atoms with van der Waals surface area (Å²) in [5, 5.41) is 4.53. The van der Waals surface area contributed by atoms with Crippen molar-refractivity contribution in [3.8, 4) is 0 Å². The molecule has 0 aromatic carbocycles. The van der Waals surface area contributed by atoms with Gasteiger partial charge in [0.1, 0.15) is 11.5 Å². The number of fused-ring (bicyclic) bond motifs is 1. The summed E-state index contributed by atoms with van der Waals surface area (Å²) in [6.07, 6.45) is 1.72. The molecule has 0 spiro atoms. The first kappa shape index (κ1) is 17.5. The molecule has 1 aliphatic heterocycles. The van der Waals surface area contributed by atoms with E-state index in [0.29, 0.717) is 23.9 Å². The van der Waals surface area contributed by atoms with Crippen molar-refractivity contribution in [3.05, 3.63) is 69.0 Å². The highest BCUT2D eigenvalue weighted by Crippen LogP contribution is 2.23. The van der Waals surface area contributed by atoms with Gasteiger partial charge in [0.15, 0.2) is 0 Å². The standard InChI is InChI=1S/C20H23N5O2/c1-20(2,3)15-7-8-18(26)25(22-15)13-14-11-23(12-14)17-10-19(27)24-9-5-4-6-16(24)21-17/h4-10,14H,11-13H2,1-3H3. The minimum absolute atomic E-state index is 0.0801. The predicted molar refractivity (Wildman–Crippen MR) is 104 cm³/mol. The van der Waals surface area contributed by atoms with Crippen LogP contribution in [0.3, 0.4) is 0 Å². The van der Waals surface area contributed by atoms with Crippen LogP contribution in [0.5, 0.6) is 0 Å². The van der Waals surface area contributed by atoms with Gasteiger partial charge in [-0.3, -0.25) is 14.0 Å². The highest BCUT2D eigenvalue weighted by Gasteiger charge is 2.29. The molecule has 0 unspecified atom stereocenters. The van der Waals surface area contributed by atoms with Gasteiger partial charge in [-0.1, -0.05) is 26.8 Å². The molecular formula is C20H23N5O2. The fraction of sp³-hybridized carbons (Fsp3) is 0.400. The second-order valence-electron chi connectivity index (χ2n) is 8.14. The molecule has 0 aliphatic carbocycles. The molecule has 3 aromatic heterocycles. The van der Waals surface area contributed by atoms with E-state index in [2.05, 4.69) is 35.8 Å². The molecule has 0 radical (unpaired) electrons. The SMILES string of the molecule is CC(C)(C)c1ccc(=O)n(CC2CN(c3cc(=O)n4ccccc4n3)C2)n1. The molecule has 1 aliphatic rings. The Hall–Kier alpha value is -2.96. The molecule has 0 amide bonds. The van der Waals surface area contributed by atoms with Gasteiger partial charge in [0.25, 0.3) is 11.1 Å². The topological polar surface area (TPSA) is 72.5 Å². The summed E-state index contributed by atoms with van der Waals surface area (Å²) in [4.78, 5) is 31.0. The van der Waals surface area contributed by atoms with Gasteiger partial charge in [0.05, 0.1) is 12.2 Å². The van der Waals surface area contributed by atoms with Gasteiger partial charge in [-0.15, -0.1) is 0 Å². The Morgan fingerprint density at radius 2 is 1.85 bits per heavy atom. The summed E-state index contributed by atoms with van der Waals surface area (Å²) in [5.41, 5.74) is 1.28. The molecule has 27 heavy (non-hydrogen) atoms. The number of rotatable bonds is 3. The van der Waals surface area contributed by atoms with E-state index in [-0.39, 0.29) is 16.5 Å². The molecule has 0 N–H and O–H groups in total. The molecule has 1 fully saturated rings. The number of hydrogen-bond donors (Lipinski definition) is 0. The third-order valence-corrected chi connectivity index (χ3v) is 4.90. The monoisotopic (exact) mass is 365 g/mol. The first-order valence-corrected chi connectivity index (χ1v) is 9.13. The average molecular weight is 365 g/mol. The van der Waals surface area contributed by atoms with E-state index in [1.165, 1.54) is 4.40 Å². The van der Waals surface area contributed by atoms with E-state index in [1.54, 1.807) is 29.1 Å². The molecule has 4 rings (SSSR count). The van der Waals surface area contributed by atoms with Crippen LogP contribution in [0.4, 0.5) is 5.82 Å². The third-order valence-electron chi connectivity index (χ3n) is 4.90. The minimum atomic E-state index is -0.0989. The van der Waals surface area contributed by atoms with E-state index in [1.807, 2.05) is 18.2 Å². The largest absolute Gasteiger partial charge is 0.356 e. The van der Waals surface area contributed by atoms with Gasteiger partial charge in [-0.2, -0.15) is 5.10 Å². The Bertz CT molecular complexity index is 1100. The van der Waals surface area contributed by atoms with E-state index in [9.17, 15) is 9.59 Å². The zero-order valence-corrected chi connectivity index (χ0v) is 15.8. The summed E-state index contributed by atoms with van der Waals surface area (Å²) in [6, 6.07) is 10.5. The van der Waals surface area contributed by atoms with E-state index in [4.69, 9.17) is 0 Å². The van der Waals surface area contributed by atoms with Crippen LogP contribution in [0.15, 0.2) is 52.2 Å². The summed E-state index contributed by atoms with van der Waals surface area (Å²) < 4.78 is 3.09. The van der Waals surface area contributed by atoms with Crippen molar-refractivity contribution in [1.82, 2.24) is 19.2 Å². The van der Waals surface area contributed by atoms with Crippen molar-refractivity contribution in [2.24, 2.45) is 5.92 Å². The quantitative estimate of drug-likeness (QED) is 0.706. The first-order chi connectivity index (χ1) is 12.8. The Kier molecular flexibility index (Phi) is 4.09. The molecule has 140 valence electrons. The molecule has 7 nitrogen and oxygen atoms in total. The van der Waals surface area contributed by atoms with Gasteiger partial charge in [-0.25, -0.2) is 9.67 Å². The van der Waals surface area contributed by atoms with Crippen LogP contribution in [0.1, 0.15) is 26.5 Å². The van der Waals surface area contributed by atoms with Gasteiger partial charge in [0.2, 0.25) is 0 Å². The van der Waals surface area contributed by atoms with Crippen LogP contribution in [0.2, 0.25) is 0 Å². The summed E-state index contributed by atoms with van der Waals surface area (Å²) in [7, 11) is 0. The number of pyridine rings is 1. The lowest BCUT2D eigenvalue weighted by molar-refractivity contribution is 0.328. The van der Waals surface area contributed by atoms with Crippen LogP contribution in [0, 0.1) is 5.92 Å². The lowest BCUT2D eigenvalue weighted by Crippen LogP contribution is -2.50. The van der Waals surface area contributed by atoms with Crippen molar-refractivity contribution in [3.63, 3.8) is 0 Å². The predicted octanol–water partition coefficient (Wildman–Crippen LogP) is 1.69. The fourth-order valence-electron chi connectivity index (χ4n) is 3.30. The Labute approximate surface area is 156 Å². The van der Waals surface area contributed by atoms with E-state index >= 15 is 0 Å². The van der Waals surface area contributed by atoms with Gasteiger partial charge in [0, 0.05) is 42.8 Å². The van der Waals surface area contributed by atoms with Crippen LogP contribution in [-0.4, -0.2) is 32.3 Å². The smallest absolute Gasteiger partial charge is 0.266 e. The molecule has 4 heterocycles. The second-order valence-corrected chi connectivity index (χ2v) is 8.14. The van der Waals surface area contributed by atoms with Crippen molar-refractivity contribution in [2.75, 3.05) is 18.0 Å². The number of nitrogens with zero attached hydrogens (tertiary/aromatic N) is 5. The summed E-state index contributed by atoms with van der Waals surface area (Å²) in [6.45, 7) is 8.33. The maximum absolute atomic E-state index is 12.2. The van der Waals surface area contributed by atoms with E-state index in [0.717, 1.165) is 18.8 Å². The van der Waals surface area contributed by atoms with Gasteiger partial charge in [-0.05, 0) is 18.2 Å². The maximum atomic E-state index is 12.2. The lowest BCUT2D eigenvalue weighted by atomic mass is 9.92. The fourth-order valence-corrected chi connectivity index (χ4v) is 3.30. The Balaban J connectivity index is 1.49. The van der Waals surface area contributed by atoms with Crippen molar-refractivity contribution < 1.29 is 0 Å². The highest BCUT2D eigenvalue weighted by atomic mass is 16.1. The molecular weight excluding hydrogens is 342 g/mol. The molecule has 1 saturated heterocycles. The van der Waals surface area contributed by atoms with Crippen molar-refractivity contribution >= 4 is 11.5 Å². The van der Waals surface area contributed by atoms with Crippen LogP contribution >= 0.6 is 0 Å². The van der Waals surface area contributed by atoms with Gasteiger partial charge >= 0.3 is 0 Å². The van der Waals surface area contributed by atoms with Crippen molar-refractivity contribution in [1.29, 1.82) is 0 Å². The first-order valence-electron chi connectivity index (χ1n) is 9.13. The second kappa shape index (κ2) is 6.33. The van der Waals surface area contributed by atoms with Crippen LogP contribution < -0.4 is 16.0 Å². The average Bonchev–Trinajstić information content (AvgIpc) is 2.58. The molecule has 3 aromatic rings. The Morgan fingerprint density at radius 1 is 1.07 bits per heavy atom. The number of hydrogen-bond acceptors (Lipinski definition) is 5. The number of anilines is 1. The summed E-state index contributed by atoms with van der Waals surface area (Å²) in [5.74, 6) is 0.993. The molecule has 0 atom stereocenters. The summed E-state index contributed by atoms with van der Waals surface area (Å²) >= 11 is 0. The minimum Gasteiger partial charge on any atom is -0.356 e. The van der Waals surface area contributed by atoms with Gasteiger partial charge < -0.3 is 4.90 Å². The Morgan fingerprint density at radius 3 is 2.59 bits per heavy atom. The highest BCUT2D eigenvalue weighted by molar-refractivity contribution is 5.49. The molecule has 0 bridgehead atoms. The van der Waals surface area contributed by atoms with Crippen LogP contribution in [-0.2, 0) is 12.0 Å².